The number of rotatable bonds is 5. The summed E-state index contributed by atoms with van der Waals surface area (Å²) < 4.78 is 11.2. The summed E-state index contributed by atoms with van der Waals surface area (Å²) in [6.45, 7) is 8.35. The van der Waals surface area contributed by atoms with Crippen LogP contribution in [0.5, 0.6) is 0 Å². The minimum Gasteiger partial charge on any atom is -0.444 e. The zero-order valence-electron chi connectivity index (χ0n) is 20.5. The van der Waals surface area contributed by atoms with Crippen LogP contribution in [0.4, 0.5) is 4.79 Å². The van der Waals surface area contributed by atoms with Crippen molar-refractivity contribution in [2.45, 2.75) is 83.8 Å². The van der Waals surface area contributed by atoms with Gasteiger partial charge in [-0.3, -0.25) is 4.99 Å². The van der Waals surface area contributed by atoms with E-state index in [4.69, 9.17) is 14.2 Å². The molecule has 0 radical (unpaired) electrons. The fourth-order valence-corrected chi connectivity index (χ4v) is 4.70. The molecular formula is C26H36N4O3. The lowest BCUT2D eigenvalue weighted by Crippen LogP contribution is -2.46. The maximum Gasteiger partial charge on any atom is 0.410 e. The Balaban J connectivity index is 1.46. The summed E-state index contributed by atoms with van der Waals surface area (Å²) >= 11 is 0. The van der Waals surface area contributed by atoms with Crippen LogP contribution in [0.25, 0.3) is 11.5 Å². The van der Waals surface area contributed by atoms with Gasteiger partial charge in [0.15, 0.2) is 5.82 Å². The van der Waals surface area contributed by atoms with Crippen LogP contribution in [-0.2, 0) is 11.2 Å². The van der Waals surface area contributed by atoms with E-state index in [1.165, 1.54) is 24.8 Å². The summed E-state index contributed by atoms with van der Waals surface area (Å²) in [4.78, 5) is 23.3. The minimum atomic E-state index is -0.494. The second kappa shape index (κ2) is 9.65. The summed E-state index contributed by atoms with van der Waals surface area (Å²) in [7, 11) is 1.81. The van der Waals surface area contributed by atoms with E-state index >= 15 is 0 Å². The number of amides is 1. The third-order valence-electron chi connectivity index (χ3n) is 6.70. The Bertz CT molecular complexity index is 1000. The quantitative estimate of drug-likeness (QED) is 0.549. The molecule has 0 spiro atoms. The highest BCUT2D eigenvalue weighted by Gasteiger charge is 2.34. The molecule has 1 aliphatic heterocycles. The highest BCUT2D eigenvalue weighted by atomic mass is 16.6. The molecule has 0 N–H and O–H groups in total. The molecule has 4 rings (SSSR count). The largest absolute Gasteiger partial charge is 0.444 e. The molecule has 1 saturated carbocycles. The number of carbonyl (C=O) groups excluding carboxylic acids is 1. The predicted molar refractivity (Wildman–Crippen MR) is 129 cm³/mol. The number of aromatic nitrogens is 2. The zero-order chi connectivity index (χ0) is 23.6. The molecule has 2 aliphatic rings. The van der Waals surface area contributed by atoms with Gasteiger partial charge in [-0.1, -0.05) is 30.5 Å². The number of benzene rings is 1. The molecule has 1 aromatic heterocycles. The Morgan fingerprint density at radius 1 is 1.30 bits per heavy atom. The average molecular weight is 453 g/mol. The molecule has 2 atom stereocenters. The fourth-order valence-electron chi connectivity index (χ4n) is 4.70. The molecule has 7 nitrogen and oxygen atoms in total. The molecule has 2 heterocycles. The highest BCUT2D eigenvalue weighted by molar-refractivity contribution is 5.83. The van der Waals surface area contributed by atoms with Crippen molar-refractivity contribution in [3.05, 3.63) is 35.2 Å². The van der Waals surface area contributed by atoms with Crippen LogP contribution in [0.3, 0.4) is 0 Å². The highest BCUT2D eigenvalue weighted by Crippen LogP contribution is 2.34. The van der Waals surface area contributed by atoms with E-state index in [1.807, 2.05) is 38.0 Å². The summed E-state index contributed by atoms with van der Waals surface area (Å²) in [5.74, 6) is 2.21. The topological polar surface area (TPSA) is 80.8 Å². The Labute approximate surface area is 196 Å². The second-order valence-corrected chi connectivity index (χ2v) is 10.5. The second-order valence-electron chi connectivity index (χ2n) is 10.5. The molecule has 2 unspecified atom stereocenters. The zero-order valence-corrected chi connectivity index (χ0v) is 20.5. The summed E-state index contributed by atoms with van der Waals surface area (Å²) in [6.07, 6.45) is 8.26. The molecule has 33 heavy (non-hydrogen) atoms. The van der Waals surface area contributed by atoms with E-state index in [1.54, 1.807) is 7.05 Å². The Hall–Kier alpha value is -2.70. The van der Waals surface area contributed by atoms with Crippen molar-refractivity contribution < 1.29 is 14.1 Å². The number of likely N-dealkylation sites (tertiary alicyclic amines) is 1. The first-order valence-electron chi connectivity index (χ1n) is 12.1. The minimum absolute atomic E-state index is 0.0576. The van der Waals surface area contributed by atoms with Crippen LogP contribution in [0.15, 0.2) is 27.7 Å². The Morgan fingerprint density at radius 3 is 2.73 bits per heavy atom. The monoisotopic (exact) mass is 452 g/mol. The molecule has 1 aromatic carbocycles. The van der Waals surface area contributed by atoms with Crippen molar-refractivity contribution in [3.63, 3.8) is 0 Å². The van der Waals surface area contributed by atoms with Gasteiger partial charge in [0, 0.05) is 37.3 Å². The lowest BCUT2D eigenvalue weighted by atomic mass is 9.80. The van der Waals surface area contributed by atoms with Gasteiger partial charge in [0.2, 0.25) is 0 Å². The van der Waals surface area contributed by atoms with Crippen molar-refractivity contribution in [1.29, 1.82) is 0 Å². The van der Waals surface area contributed by atoms with Crippen molar-refractivity contribution in [1.82, 2.24) is 15.0 Å². The van der Waals surface area contributed by atoms with Crippen molar-refractivity contribution >= 4 is 12.3 Å². The van der Waals surface area contributed by atoms with Gasteiger partial charge in [-0.15, -0.1) is 0 Å². The van der Waals surface area contributed by atoms with Gasteiger partial charge in [0.05, 0.1) is 0 Å². The van der Waals surface area contributed by atoms with Crippen molar-refractivity contribution in [2.75, 3.05) is 13.6 Å². The van der Waals surface area contributed by atoms with Gasteiger partial charge in [-0.05, 0) is 76.1 Å². The maximum atomic E-state index is 12.5. The molecule has 1 aliphatic carbocycles. The predicted octanol–water partition coefficient (Wildman–Crippen LogP) is 5.63. The molecular weight excluding hydrogens is 416 g/mol. The first kappa shape index (κ1) is 23.5. The SMILES string of the molecule is C/N=C\c1ccc(-c2nc(C3CCN(C(=O)OC(C)(C)C)C(C)C3)no2)cc1CC1CCC1. The molecule has 0 bridgehead atoms. The molecule has 1 saturated heterocycles. The lowest BCUT2D eigenvalue weighted by molar-refractivity contribution is 0.0100. The number of carbonyl (C=O) groups is 1. The molecule has 1 amide bonds. The third-order valence-corrected chi connectivity index (χ3v) is 6.70. The lowest BCUT2D eigenvalue weighted by Gasteiger charge is -2.37. The number of piperidine rings is 1. The van der Waals surface area contributed by atoms with Gasteiger partial charge in [0.25, 0.3) is 5.89 Å². The Kier molecular flexibility index (Phi) is 6.86. The maximum absolute atomic E-state index is 12.5. The van der Waals surface area contributed by atoms with Crippen LogP contribution in [0, 0.1) is 5.92 Å². The number of aliphatic imine (C=N–C) groups is 1. The van der Waals surface area contributed by atoms with Gasteiger partial charge >= 0.3 is 6.09 Å². The van der Waals surface area contributed by atoms with Crippen molar-refractivity contribution in [3.8, 4) is 11.5 Å². The number of nitrogens with zero attached hydrogens (tertiary/aromatic N) is 4. The van der Waals surface area contributed by atoms with E-state index in [-0.39, 0.29) is 18.1 Å². The van der Waals surface area contributed by atoms with E-state index in [2.05, 4.69) is 29.2 Å². The van der Waals surface area contributed by atoms with E-state index in [0.717, 1.165) is 42.1 Å². The molecule has 2 aromatic rings. The summed E-state index contributed by atoms with van der Waals surface area (Å²) in [5, 5.41) is 4.31. The van der Waals surface area contributed by atoms with Crippen LogP contribution in [0.2, 0.25) is 0 Å². The summed E-state index contributed by atoms with van der Waals surface area (Å²) in [6, 6.07) is 6.37. The molecule has 2 fully saturated rings. The third kappa shape index (κ3) is 5.63. The molecule has 7 heteroatoms. The summed E-state index contributed by atoms with van der Waals surface area (Å²) in [5.41, 5.74) is 2.92. The number of ether oxygens (including phenoxy) is 1. The normalized spacial score (nSPS) is 21.9. The van der Waals surface area contributed by atoms with Gasteiger partial charge < -0.3 is 14.2 Å². The fraction of sp³-hybridized carbons (Fsp3) is 0.615. The number of hydrogen-bond acceptors (Lipinski definition) is 6. The molecule has 178 valence electrons. The van der Waals surface area contributed by atoms with E-state index in [9.17, 15) is 4.79 Å². The average Bonchev–Trinajstić information content (AvgIpc) is 3.20. The Morgan fingerprint density at radius 2 is 2.09 bits per heavy atom. The first-order chi connectivity index (χ1) is 15.7. The standard InChI is InChI=1S/C26H36N4O3/c1-17-13-19(11-12-30(17)25(31)32-26(2,3)4)23-28-24(33-29-23)20-9-10-21(16-27-5)22(15-20)14-18-7-6-8-18/h9-10,15-19H,6-8,11-14H2,1-5H3/b27-16-. The van der Waals surface area contributed by atoms with Gasteiger partial charge in [0.1, 0.15) is 5.60 Å². The van der Waals surface area contributed by atoms with Crippen LogP contribution < -0.4 is 0 Å². The van der Waals surface area contributed by atoms with Crippen LogP contribution >= 0.6 is 0 Å². The van der Waals surface area contributed by atoms with Gasteiger partial charge in [-0.2, -0.15) is 4.98 Å². The van der Waals surface area contributed by atoms with E-state index < -0.39 is 5.60 Å². The first-order valence-corrected chi connectivity index (χ1v) is 12.1. The van der Waals surface area contributed by atoms with Crippen molar-refractivity contribution in [2.24, 2.45) is 10.9 Å². The smallest absolute Gasteiger partial charge is 0.410 e. The van der Waals surface area contributed by atoms with Crippen LogP contribution in [0.1, 0.15) is 82.7 Å². The number of hydrogen-bond donors (Lipinski definition) is 0. The van der Waals surface area contributed by atoms with E-state index in [0.29, 0.717) is 12.4 Å². The van der Waals surface area contributed by atoms with Gasteiger partial charge in [-0.25, -0.2) is 4.79 Å². The van der Waals surface area contributed by atoms with Crippen LogP contribution in [-0.4, -0.2) is 52.6 Å².